The number of nitriles is 2. The van der Waals surface area contributed by atoms with Gasteiger partial charge < -0.3 is 10.9 Å². The molecule has 104 valence electrons. The van der Waals surface area contributed by atoms with Gasteiger partial charge in [0.2, 0.25) is 0 Å². The summed E-state index contributed by atoms with van der Waals surface area (Å²) in [5.74, 6) is 0.0324. The van der Waals surface area contributed by atoms with E-state index in [2.05, 4.69) is 11.3 Å². The highest BCUT2D eigenvalue weighted by Gasteiger charge is 1.95. The van der Waals surface area contributed by atoms with Crippen LogP contribution in [0, 0.1) is 34.5 Å². The maximum atomic E-state index is 10.2. The zero-order chi connectivity index (χ0) is 14.4. The third kappa shape index (κ3) is 36.8. The van der Waals surface area contributed by atoms with Crippen LogP contribution >= 0.6 is 0 Å². The highest BCUT2D eigenvalue weighted by molar-refractivity contribution is 5.86. The molecule has 0 saturated carbocycles. The van der Waals surface area contributed by atoms with Crippen LogP contribution in [0.5, 0.6) is 0 Å². The van der Waals surface area contributed by atoms with Gasteiger partial charge in [-0.2, -0.15) is 10.5 Å². The van der Waals surface area contributed by atoms with Crippen LogP contribution in [0.1, 0.15) is 34.6 Å². The molecule has 0 aromatic heterocycles. The molecule has 0 aliphatic rings. The van der Waals surface area contributed by atoms with Crippen molar-refractivity contribution in [2.24, 2.45) is 11.8 Å². The van der Waals surface area contributed by atoms with Gasteiger partial charge in [-0.25, -0.2) is 4.79 Å². The molecule has 0 aliphatic heterocycles. The predicted molar refractivity (Wildman–Crippen MR) is 72.8 cm³/mol. The largest absolute Gasteiger partial charge is 0.466 e. The molecule has 0 atom stereocenters. The van der Waals surface area contributed by atoms with E-state index in [9.17, 15) is 4.79 Å². The van der Waals surface area contributed by atoms with Crippen LogP contribution in [0.3, 0.4) is 0 Å². The van der Waals surface area contributed by atoms with Crippen LogP contribution < -0.4 is 6.15 Å². The molecule has 0 fully saturated rings. The fourth-order valence-electron chi connectivity index (χ4n) is 0.174. The number of carbonyl (C=O) groups excluding carboxylic acids is 1. The van der Waals surface area contributed by atoms with Crippen molar-refractivity contribution < 1.29 is 9.53 Å². The van der Waals surface area contributed by atoms with Gasteiger partial charge in [0.1, 0.15) is 0 Å². The molecular formula is C13H25N3O2. The van der Waals surface area contributed by atoms with Crippen LogP contribution in [0.25, 0.3) is 0 Å². The Morgan fingerprint density at radius 2 is 1.33 bits per heavy atom. The van der Waals surface area contributed by atoms with Gasteiger partial charge in [-0.1, -0.05) is 6.58 Å². The summed E-state index contributed by atoms with van der Waals surface area (Å²) in [5, 5.41) is 15.8. The molecule has 0 heterocycles. The molecule has 5 heteroatoms. The van der Waals surface area contributed by atoms with E-state index < -0.39 is 0 Å². The Kier molecular flexibility index (Phi) is 24.5. The molecule has 0 radical (unpaired) electrons. The summed E-state index contributed by atoms with van der Waals surface area (Å²) in [7, 11) is 1.33. The van der Waals surface area contributed by atoms with Crippen molar-refractivity contribution in [1.29, 1.82) is 10.5 Å². The van der Waals surface area contributed by atoms with E-state index in [1.165, 1.54) is 7.11 Å². The maximum absolute atomic E-state index is 10.2. The smallest absolute Gasteiger partial charge is 0.332 e. The van der Waals surface area contributed by atoms with Gasteiger partial charge in [-0.05, 0) is 34.6 Å². The minimum absolute atomic E-state index is 0. The summed E-state index contributed by atoms with van der Waals surface area (Å²) in [4.78, 5) is 10.2. The first kappa shape index (κ1) is 25.1. The van der Waals surface area contributed by atoms with Gasteiger partial charge in [-0.15, -0.1) is 0 Å². The lowest BCUT2D eigenvalue weighted by molar-refractivity contribution is -0.136. The van der Waals surface area contributed by atoms with Crippen molar-refractivity contribution in [3.8, 4) is 12.1 Å². The molecule has 0 spiro atoms. The van der Waals surface area contributed by atoms with Crippen LogP contribution in [-0.4, -0.2) is 13.1 Å². The first-order valence-electron chi connectivity index (χ1n) is 5.25. The number of methoxy groups -OCH3 is 1. The van der Waals surface area contributed by atoms with Gasteiger partial charge in [0, 0.05) is 17.4 Å². The average Bonchev–Trinajstić information content (AvgIpc) is 2.29. The second kappa shape index (κ2) is 17.5. The van der Waals surface area contributed by atoms with Gasteiger partial charge in [-0.3, -0.25) is 0 Å². The average molecular weight is 255 g/mol. The van der Waals surface area contributed by atoms with Gasteiger partial charge in [0.15, 0.2) is 0 Å². The summed E-state index contributed by atoms with van der Waals surface area (Å²) in [6.45, 7) is 12.4. The predicted octanol–water partition coefficient (Wildman–Crippen LogP) is 3.23. The van der Waals surface area contributed by atoms with E-state index in [0.717, 1.165) is 0 Å². The molecule has 0 bridgehead atoms. The lowest BCUT2D eigenvalue weighted by Gasteiger charge is -1.91. The van der Waals surface area contributed by atoms with E-state index in [0.29, 0.717) is 5.57 Å². The summed E-state index contributed by atoms with van der Waals surface area (Å²) < 4.78 is 4.27. The van der Waals surface area contributed by atoms with Crippen molar-refractivity contribution in [2.45, 2.75) is 34.6 Å². The van der Waals surface area contributed by atoms with Crippen molar-refractivity contribution >= 4 is 5.97 Å². The van der Waals surface area contributed by atoms with Crippen molar-refractivity contribution in [3.05, 3.63) is 12.2 Å². The SMILES string of the molecule is C=C(C)C(=O)OC.CC(C)C#N.CC(C)C#N.N. The number of carbonyl (C=O) groups is 1. The van der Waals surface area contributed by atoms with Crippen LogP contribution in [0.4, 0.5) is 0 Å². The molecule has 18 heavy (non-hydrogen) atoms. The second-order valence-corrected chi connectivity index (χ2v) is 3.84. The Labute approximate surface area is 111 Å². The quantitative estimate of drug-likeness (QED) is 0.571. The lowest BCUT2D eigenvalue weighted by Crippen LogP contribution is -1.98. The Bertz CT molecular complexity index is 278. The summed E-state index contributed by atoms with van der Waals surface area (Å²) in [5.41, 5.74) is 0.433. The number of hydrogen-bond acceptors (Lipinski definition) is 5. The number of rotatable bonds is 1. The zero-order valence-corrected chi connectivity index (χ0v) is 12.3. The molecular weight excluding hydrogens is 230 g/mol. The molecule has 0 unspecified atom stereocenters. The highest BCUT2D eigenvalue weighted by Crippen LogP contribution is 1.87. The lowest BCUT2D eigenvalue weighted by atomic mass is 10.3. The van der Waals surface area contributed by atoms with Crippen LogP contribution in [-0.2, 0) is 9.53 Å². The Balaban J connectivity index is -0.0000000813. The highest BCUT2D eigenvalue weighted by atomic mass is 16.5. The first-order valence-corrected chi connectivity index (χ1v) is 5.25. The third-order valence-electron chi connectivity index (χ3n) is 1.05. The van der Waals surface area contributed by atoms with Gasteiger partial charge in [0.25, 0.3) is 0 Å². The molecule has 0 aromatic rings. The standard InChI is InChI=1S/C5H8O2.2C4H7N.H3N/c1-4(2)5(6)7-3;2*1-4(2)3-5;/h1H2,2-3H3;2*4H,1-2H3;1H3. The second-order valence-electron chi connectivity index (χ2n) is 3.84. The maximum Gasteiger partial charge on any atom is 0.332 e. The molecule has 0 aliphatic carbocycles. The molecule has 3 N–H and O–H groups in total. The van der Waals surface area contributed by atoms with E-state index >= 15 is 0 Å². The van der Waals surface area contributed by atoms with E-state index in [1.54, 1.807) is 6.92 Å². The van der Waals surface area contributed by atoms with E-state index in [4.69, 9.17) is 10.5 Å². The Morgan fingerprint density at radius 1 is 1.11 bits per heavy atom. The van der Waals surface area contributed by atoms with Crippen molar-refractivity contribution in [2.75, 3.05) is 7.11 Å². The van der Waals surface area contributed by atoms with E-state index in [1.807, 2.05) is 39.8 Å². The fraction of sp³-hybridized carbons (Fsp3) is 0.615. The van der Waals surface area contributed by atoms with Crippen LogP contribution in [0.15, 0.2) is 12.2 Å². The van der Waals surface area contributed by atoms with Crippen LogP contribution in [0.2, 0.25) is 0 Å². The number of ether oxygens (including phenoxy) is 1. The summed E-state index contributed by atoms with van der Waals surface area (Å²) in [6.07, 6.45) is 0. The minimum Gasteiger partial charge on any atom is -0.466 e. The number of hydrogen-bond donors (Lipinski definition) is 1. The van der Waals surface area contributed by atoms with Crippen molar-refractivity contribution in [1.82, 2.24) is 6.15 Å². The summed E-state index contributed by atoms with van der Waals surface area (Å²) >= 11 is 0. The number of esters is 1. The zero-order valence-electron chi connectivity index (χ0n) is 12.3. The Morgan fingerprint density at radius 3 is 1.33 bits per heavy atom. The van der Waals surface area contributed by atoms with Gasteiger partial charge >= 0.3 is 5.97 Å². The molecule has 0 rings (SSSR count). The Hall–Kier alpha value is -1.85. The first-order chi connectivity index (χ1) is 7.72. The van der Waals surface area contributed by atoms with E-state index in [-0.39, 0.29) is 24.0 Å². The third-order valence-corrected chi connectivity index (χ3v) is 1.05. The minimum atomic E-state index is -0.347. The molecule has 0 aromatic carbocycles. The monoisotopic (exact) mass is 255 g/mol. The normalized spacial score (nSPS) is 7.22. The fourth-order valence-corrected chi connectivity index (χ4v) is 0.174. The van der Waals surface area contributed by atoms with Gasteiger partial charge in [0.05, 0.1) is 19.2 Å². The molecule has 0 saturated heterocycles. The van der Waals surface area contributed by atoms with Crippen molar-refractivity contribution in [3.63, 3.8) is 0 Å². The number of nitrogens with zero attached hydrogens (tertiary/aromatic N) is 2. The topological polar surface area (TPSA) is 109 Å². The molecule has 5 nitrogen and oxygen atoms in total. The molecule has 0 amide bonds. The summed E-state index contributed by atoms with van der Waals surface area (Å²) in [6, 6.07) is 4.06.